The second kappa shape index (κ2) is 4.24. The Kier molecular flexibility index (Phi) is 3.53. The van der Waals surface area contributed by atoms with E-state index in [2.05, 4.69) is 6.92 Å². The molecule has 0 bridgehead atoms. The lowest BCUT2D eigenvalue weighted by Crippen LogP contribution is -2.50. The molecule has 0 unspecified atom stereocenters. The molecule has 0 radical (unpaired) electrons. The van der Waals surface area contributed by atoms with Gasteiger partial charge in [0.15, 0.2) is 0 Å². The zero-order chi connectivity index (χ0) is 9.03. The predicted molar refractivity (Wildman–Crippen MR) is 51.1 cm³/mol. The van der Waals surface area contributed by atoms with Gasteiger partial charge in [0.2, 0.25) is 0 Å². The third kappa shape index (κ3) is 1.80. The van der Waals surface area contributed by atoms with E-state index in [0.29, 0.717) is 0 Å². The Morgan fingerprint density at radius 2 is 1.92 bits per heavy atom. The zero-order valence-corrected chi connectivity index (χ0v) is 8.31. The SMILES string of the molecule is CC[C@@H](N)C1(OC)CCCCC1. The van der Waals surface area contributed by atoms with E-state index in [1.54, 1.807) is 7.11 Å². The molecule has 0 saturated heterocycles. The molecule has 0 aliphatic heterocycles. The molecule has 1 aliphatic carbocycles. The highest BCUT2D eigenvalue weighted by Gasteiger charge is 2.36. The molecule has 2 nitrogen and oxygen atoms in total. The highest BCUT2D eigenvalue weighted by Crippen LogP contribution is 2.34. The van der Waals surface area contributed by atoms with E-state index in [1.807, 2.05) is 0 Å². The maximum Gasteiger partial charge on any atom is 0.0828 e. The summed E-state index contributed by atoms with van der Waals surface area (Å²) >= 11 is 0. The van der Waals surface area contributed by atoms with Crippen molar-refractivity contribution in [3.63, 3.8) is 0 Å². The predicted octanol–water partition coefficient (Wildman–Crippen LogP) is 2.07. The van der Waals surface area contributed by atoms with Crippen LogP contribution in [0, 0.1) is 0 Å². The fourth-order valence-corrected chi connectivity index (χ4v) is 2.25. The van der Waals surface area contributed by atoms with Crippen LogP contribution in [0.2, 0.25) is 0 Å². The minimum atomic E-state index is 0.00694. The maximum absolute atomic E-state index is 6.07. The van der Waals surface area contributed by atoms with E-state index < -0.39 is 0 Å². The van der Waals surface area contributed by atoms with Gasteiger partial charge in [-0.05, 0) is 19.3 Å². The Bertz CT molecular complexity index is 130. The summed E-state index contributed by atoms with van der Waals surface area (Å²) in [5.74, 6) is 0. The molecule has 0 aromatic carbocycles. The molecule has 0 amide bonds. The highest BCUT2D eigenvalue weighted by molar-refractivity contribution is 4.92. The van der Waals surface area contributed by atoms with Crippen molar-refractivity contribution in [2.45, 2.75) is 57.1 Å². The first-order chi connectivity index (χ1) is 5.75. The monoisotopic (exact) mass is 171 g/mol. The van der Waals surface area contributed by atoms with Crippen LogP contribution >= 0.6 is 0 Å². The minimum absolute atomic E-state index is 0.00694. The average molecular weight is 171 g/mol. The summed E-state index contributed by atoms with van der Waals surface area (Å²) < 4.78 is 5.61. The molecule has 12 heavy (non-hydrogen) atoms. The van der Waals surface area contributed by atoms with E-state index in [9.17, 15) is 0 Å². The van der Waals surface area contributed by atoms with Gasteiger partial charge in [-0.3, -0.25) is 0 Å². The molecule has 1 rings (SSSR count). The van der Waals surface area contributed by atoms with Gasteiger partial charge in [-0.15, -0.1) is 0 Å². The van der Waals surface area contributed by atoms with Crippen molar-refractivity contribution >= 4 is 0 Å². The quantitative estimate of drug-likeness (QED) is 0.705. The van der Waals surface area contributed by atoms with Gasteiger partial charge in [-0.2, -0.15) is 0 Å². The lowest BCUT2D eigenvalue weighted by atomic mass is 9.78. The summed E-state index contributed by atoms with van der Waals surface area (Å²) in [6, 6.07) is 0.225. The Hall–Kier alpha value is -0.0800. The van der Waals surface area contributed by atoms with Gasteiger partial charge in [0.25, 0.3) is 0 Å². The van der Waals surface area contributed by atoms with Crippen LogP contribution < -0.4 is 5.73 Å². The highest BCUT2D eigenvalue weighted by atomic mass is 16.5. The number of methoxy groups -OCH3 is 1. The van der Waals surface area contributed by atoms with Crippen molar-refractivity contribution in [3.8, 4) is 0 Å². The van der Waals surface area contributed by atoms with E-state index in [1.165, 1.54) is 19.3 Å². The van der Waals surface area contributed by atoms with E-state index >= 15 is 0 Å². The molecule has 1 fully saturated rings. The number of nitrogens with two attached hydrogens (primary N) is 1. The van der Waals surface area contributed by atoms with Crippen LogP contribution in [0.4, 0.5) is 0 Å². The van der Waals surface area contributed by atoms with E-state index in [-0.39, 0.29) is 11.6 Å². The molecule has 1 aliphatic rings. The fourth-order valence-electron chi connectivity index (χ4n) is 2.25. The lowest BCUT2D eigenvalue weighted by Gasteiger charge is -2.40. The topological polar surface area (TPSA) is 35.2 Å². The van der Waals surface area contributed by atoms with Crippen LogP contribution in [0.5, 0.6) is 0 Å². The van der Waals surface area contributed by atoms with Crippen LogP contribution in [0.3, 0.4) is 0 Å². The second-order valence-corrected chi connectivity index (χ2v) is 3.84. The standard InChI is InChI=1S/C10H21NO/c1-3-9(11)10(12-2)7-5-4-6-8-10/h9H,3-8,11H2,1-2H3/t9-/m1/s1. The summed E-state index contributed by atoms with van der Waals surface area (Å²) in [4.78, 5) is 0. The van der Waals surface area contributed by atoms with E-state index in [0.717, 1.165) is 19.3 Å². The summed E-state index contributed by atoms with van der Waals surface area (Å²) in [6.45, 7) is 2.14. The summed E-state index contributed by atoms with van der Waals surface area (Å²) in [6.07, 6.45) is 7.23. The van der Waals surface area contributed by atoms with Crippen molar-refractivity contribution in [3.05, 3.63) is 0 Å². The van der Waals surface area contributed by atoms with Crippen molar-refractivity contribution < 1.29 is 4.74 Å². The maximum atomic E-state index is 6.07. The summed E-state index contributed by atoms with van der Waals surface area (Å²) in [7, 11) is 1.81. The van der Waals surface area contributed by atoms with E-state index in [4.69, 9.17) is 10.5 Å². The van der Waals surface area contributed by atoms with Gasteiger partial charge in [-0.25, -0.2) is 0 Å². The summed E-state index contributed by atoms with van der Waals surface area (Å²) in [5.41, 5.74) is 6.08. The van der Waals surface area contributed by atoms with Gasteiger partial charge in [0, 0.05) is 13.2 Å². The lowest BCUT2D eigenvalue weighted by molar-refractivity contribution is -0.0591. The van der Waals surface area contributed by atoms with Gasteiger partial charge >= 0.3 is 0 Å². The van der Waals surface area contributed by atoms with Crippen LogP contribution in [0.25, 0.3) is 0 Å². The van der Waals surface area contributed by atoms with Crippen molar-refractivity contribution in [2.75, 3.05) is 7.11 Å². The van der Waals surface area contributed by atoms with Crippen LogP contribution in [0.15, 0.2) is 0 Å². The van der Waals surface area contributed by atoms with Crippen molar-refractivity contribution in [1.82, 2.24) is 0 Å². The molecule has 0 heterocycles. The van der Waals surface area contributed by atoms with Crippen LogP contribution in [-0.4, -0.2) is 18.8 Å². The van der Waals surface area contributed by atoms with Gasteiger partial charge in [0.1, 0.15) is 0 Å². The van der Waals surface area contributed by atoms with Gasteiger partial charge in [-0.1, -0.05) is 26.2 Å². The molecule has 1 atom stereocenters. The second-order valence-electron chi connectivity index (χ2n) is 3.84. The third-order valence-electron chi connectivity index (χ3n) is 3.22. The minimum Gasteiger partial charge on any atom is -0.377 e. The zero-order valence-electron chi connectivity index (χ0n) is 8.31. The average Bonchev–Trinajstić information content (AvgIpc) is 2.17. The first kappa shape index (κ1) is 10.0. The fraction of sp³-hybridized carbons (Fsp3) is 1.00. The Balaban J connectivity index is 2.59. The number of rotatable bonds is 3. The molecule has 0 aromatic rings. The molecule has 72 valence electrons. The van der Waals surface area contributed by atoms with Crippen LogP contribution in [0.1, 0.15) is 45.4 Å². The van der Waals surface area contributed by atoms with Crippen LogP contribution in [-0.2, 0) is 4.74 Å². The third-order valence-corrected chi connectivity index (χ3v) is 3.22. The van der Waals surface area contributed by atoms with Gasteiger partial charge in [0.05, 0.1) is 5.60 Å². The molecule has 0 spiro atoms. The normalized spacial score (nSPS) is 25.2. The molecular formula is C10H21NO. The Morgan fingerprint density at radius 3 is 2.33 bits per heavy atom. The first-order valence-electron chi connectivity index (χ1n) is 5.06. The number of hydrogen-bond acceptors (Lipinski definition) is 2. The Labute approximate surface area is 75.5 Å². The number of hydrogen-bond donors (Lipinski definition) is 1. The van der Waals surface area contributed by atoms with Crippen molar-refractivity contribution in [2.24, 2.45) is 5.73 Å². The van der Waals surface area contributed by atoms with Gasteiger partial charge < -0.3 is 10.5 Å². The molecule has 2 heteroatoms. The summed E-state index contributed by atoms with van der Waals surface area (Å²) in [5, 5.41) is 0. The first-order valence-corrected chi connectivity index (χ1v) is 5.06. The van der Waals surface area contributed by atoms with Crippen molar-refractivity contribution in [1.29, 1.82) is 0 Å². The molecule has 2 N–H and O–H groups in total. The molecular weight excluding hydrogens is 150 g/mol. The smallest absolute Gasteiger partial charge is 0.0828 e. The number of ether oxygens (including phenoxy) is 1. The molecule has 0 aromatic heterocycles. The largest absolute Gasteiger partial charge is 0.377 e. The molecule has 1 saturated carbocycles. The Morgan fingerprint density at radius 1 is 1.33 bits per heavy atom.